The zero-order valence-corrected chi connectivity index (χ0v) is 24.7. The summed E-state index contributed by atoms with van der Waals surface area (Å²) in [5, 5.41) is 4.06. The van der Waals surface area contributed by atoms with Crippen LogP contribution in [0.1, 0.15) is 24.5 Å². The van der Waals surface area contributed by atoms with Crippen LogP contribution in [0.15, 0.2) is 72.8 Å². The van der Waals surface area contributed by atoms with Gasteiger partial charge in [-0.3, -0.25) is 13.9 Å². The second-order valence-corrected chi connectivity index (χ2v) is 12.2. The lowest BCUT2D eigenvalue weighted by Gasteiger charge is -2.33. The molecule has 0 heterocycles. The monoisotopic (exact) mass is 609 g/mol. The molecule has 0 aliphatic rings. The number of hydrogen-bond donors (Lipinski definition) is 1. The highest BCUT2D eigenvalue weighted by atomic mass is 35.5. The number of carbonyl (C=O) groups is 2. The summed E-state index contributed by atoms with van der Waals surface area (Å²) >= 11 is 18.5. The molecule has 0 aliphatic heterocycles. The highest BCUT2D eigenvalue weighted by Gasteiger charge is 2.33. The summed E-state index contributed by atoms with van der Waals surface area (Å²) in [6.07, 6.45) is 1.94. The molecule has 0 saturated heterocycles. The standard InChI is InChI=1S/C28H30Cl3N3O4S/c1-3-15-32-28(36)26(16-20-7-5-4-6-8-20)33(18-21-9-10-23(30)17-25(21)31)27(35)19-34(39(2,37)38)24-13-11-22(29)12-14-24/h4-14,17,26H,3,15-16,18-19H2,1-2H3,(H,32,36). The predicted octanol–water partition coefficient (Wildman–Crippen LogP) is 5.58. The summed E-state index contributed by atoms with van der Waals surface area (Å²) in [4.78, 5) is 28.8. The van der Waals surface area contributed by atoms with Gasteiger partial charge < -0.3 is 10.2 Å². The molecule has 3 rings (SSSR count). The minimum absolute atomic E-state index is 0.0376. The Hall–Kier alpha value is -2.78. The zero-order valence-electron chi connectivity index (χ0n) is 21.6. The number of hydrogen-bond acceptors (Lipinski definition) is 4. The molecule has 0 aromatic heterocycles. The van der Waals surface area contributed by atoms with Crippen LogP contribution in [-0.4, -0.2) is 50.5 Å². The third kappa shape index (κ3) is 8.86. The molecule has 39 heavy (non-hydrogen) atoms. The van der Waals surface area contributed by atoms with E-state index in [1.165, 1.54) is 17.0 Å². The molecule has 1 unspecified atom stereocenters. The molecule has 208 valence electrons. The maximum absolute atomic E-state index is 14.0. The third-order valence-corrected chi connectivity index (χ3v) is 7.95. The molecule has 0 spiro atoms. The topological polar surface area (TPSA) is 86.8 Å². The molecule has 11 heteroatoms. The lowest BCUT2D eigenvalue weighted by atomic mass is 10.0. The summed E-state index contributed by atoms with van der Waals surface area (Å²) in [5.74, 6) is -0.925. The van der Waals surface area contributed by atoms with Gasteiger partial charge in [-0.25, -0.2) is 8.42 Å². The van der Waals surface area contributed by atoms with E-state index < -0.39 is 28.5 Å². The quantitative estimate of drug-likeness (QED) is 0.290. The number of nitrogens with one attached hydrogen (secondary N) is 1. The molecular formula is C28H30Cl3N3O4S. The predicted molar refractivity (Wildman–Crippen MR) is 158 cm³/mol. The van der Waals surface area contributed by atoms with Crippen molar-refractivity contribution in [2.45, 2.75) is 32.4 Å². The van der Waals surface area contributed by atoms with E-state index in [2.05, 4.69) is 5.32 Å². The van der Waals surface area contributed by atoms with Gasteiger partial charge >= 0.3 is 0 Å². The normalized spacial score (nSPS) is 12.0. The number of carbonyl (C=O) groups excluding carboxylic acids is 2. The van der Waals surface area contributed by atoms with Gasteiger partial charge in [-0.05, 0) is 53.9 Å². The molecule has 0 radical (unpaired) electrons. The van der Waals surface area contributed by atoms with E-state index in [0.717, 1.165) is 16.1 Å². The highest BCUT2D eigenvalue weighted by molar-refractivity contribution is 7.92. The second kappa shape index (κ2) is 14.0. The van der Waals surface area contributed by atoms with Crippen LogP contribution >= 0.6 is 34.8 Å². The summed E-state index contributed by atoms with van der Waals surface area (Å²) in [6.45, 7) is 1.79. The number of amides is 2. The van der Waals surface area contributed by atoms with Crippen molar-refractivity contribution in [1.82, 2.24) is 10.2 Å². The Balaban J connectivity index is 2.06. The number of halogens is 3. The van der Waals surface area contributed by atoms with Gasteiger partial charge in [0.1, 0.15) is 12.6 Å². The van der Waals surface area contributed by atoms with Crippen molar-refractivity contribution in [3.8, 4) is 0 Å². The van der Waals surface area contributed by atoms with E-state index in [-0.39, 0.29) is 24.6 Å². The lowest BCUT2D eigenvalue weighted by Crippen LogP contribution is -2.53. The molecule has 7 nitrogen and oxygen atoms in total. The summed E-state index contributed by atoms with van der Waals surface area (Å²) in [7, 11) is -3.87. The van der Waals surface area contributed by atoms with Gasteiger partial charge in [-0.2, -0.15) is 0 Å². The van der Waals surface area contributed by atoms with E-state index in [9.17, 15) is 18.0 Å². The Morgan fingerprint density at radius 3 is 2.15 bits per heavy atom. The van der Waals surface area contributed by atoms with E-state index >= 15 is 0 Å². The molecule has 1 atom stereocenters. The number of sulfonamides is 1. The van der Waals surface area contributed by atoms with Crippen LogP contribution in [0, 0.1) is 0 Å². The third-order valence-electron chi connectivity index (χ3n) is 5.97. The van der Waals surface area contributed by atoms with Crippen LogP contribution in [0.25, 0.3) is 0 Å². The average Bonchev–Trinajstić information content (AvgIpc) is 2.89. The van der Waals surface area contributed by atoms with E-state index in [4.69, 9.17) is 34.8 Å². The summed E-state index contributed by atoms with van der Waals surface area (Å²) in [6, 6.07) is 19.4. The number of anilines is 1. The number of benzene rings is 3. The maximum atomic E-state index is 14.0. The zero-order chi connectivity index (χ0) is 28.6. The van der Waals surface area contributed by atoms with Crippen LogP contribution < -0.4 is 9.62 Å². The second-order valence-electron chi connectivity index (χ2n) is 9.00. The summed E-state index contributed by atoms with van der Waals surface area (Å²) < 4.78 is 26.5. The Morgan fingerprint density at radius 2 is 1.56 bits per heavy atom. The Morgan fingerprint density at radius 1 is 0.923 bits per heavy atom. The van der Waals surface area contributed by atoms with Crippen molar-refractivity contribution in [1.29, 1.82) is 0 Å². The minimum Gasteiger partial charge on any atom is -0.354 e. The minimum atomic E-state index is -3.87. The largest absolute Gasteiger partial charge is 0.354 e. The smallest absolute Gasteiger partial charge is 0.244 e. The maximum Gasteiger partial charge on any atom is 0.244 e. The average molecular weight is 611 g/mol. The first-order valence-electron chi connectivity index (χ1n) is 12.3. The fourth-order valence-corrected chi connectivity index (χ4v) is 5.42. The van der Waals surface area contributed by atoms with Crippen LogP contribution in [-0.2, 0) is 32.6 Å². The van der Waals surface area contributed by atoms with E-state index in [1.807, 2.05) is 37.3 Å². The summed E-state index contributed by atoms with van der Waals surface area (Å²) in [5.41, 5.74) is 1.68. The Labute approximate surface area is 244 Å². The molecule has 3 aromatic rings. The van der Waals surface area contributed by atoms with Crippen molar-refractivity contribution in [3.63, 3.8) is 0 Å². The molecule has 0 bridgehead atoms. The van der Waals surface area contributed by atoms with E-state index in [1.54, 1.807) is 30.3 Å². The molecular weight excluding hydrogens is 581 g/mol. The first kappa shape index (κ1) is 30.8. The molecule has 0 saturated carbocycles. The lowest BCUT2D eigenvalue weighted by molar-refractivity contribution is -0.140. The van der Waals surface area contributed by atoms with Crippen LogP contribution in [0.5, 0.6) is 0 Å². The molecule has 0 fully saturated rings. The Kier molecular flexibility index (Phi) is 11.1. The molecule has 0 aliphatic carbocycles. The first-order chi connectivity index (χ1) is 18.5. The highest BCUT2D eigenvalue weighted by Crippen LogP contribution is 2.25. The van der Waals surface area contributed by atoms with Crippen LogP contribution in [0.3, 0.4) is 0 Å². The fourth-order valence-electron chi connectivity index (χ4n) is 3.97. The fraction of sp³-hybridized carbons (Fsp3) is 0.286. The van der Waals surface area contributed by atoms with Gasteiger partial charge in [0.2, 0.25) is 21.8 Å². The van der Waals surface area contributed by atoms with Crippen molar-refractivity contribution >= 4 is 62.3 Å². The van der Waals surface area contributed by atoms with E-state index in [0.29, 0.717) is 33.6 Å². The van der Waals surface area contributed by atoms with Gasteiger partial charge in [0.25, 0.3) is 0 Å². The van der Waals surface area contributed by atoms with Gasteiger partial charge in [-0.1, -0.05) is 78.1 Å². The van der Waals surface area contributed by atoms with Gasteiger partial charge in [0, 0.05) is 34.6 Å². The SMILES string of the molecule is CCCNC(=O)C(Cc1ccccc1)N(Cc1ccc(Cl)cc1Cl)C(=O)CN(c1ccc(Cl)cc1)S(C)(=O)=O. The number of nitrogens with zero attached hydrogens (tertiary/aromatic N) is 2. The molecule has 1 N–H and O–H groups in total. The van der Waals surface area contributed by atoms with Crippen LogP contribution in [0.2, 0.25) is 15.1 Å². The molecule has 3 aromatic carbocycles. The van der Waals surface area contributed by atoms with Gasteiger partial charge in [-0.15, -0.1) is 0 Å². The van der Waals surface area contributed by atoms with Gasteiger partial charge in [0.05, 0.1) is 11.9 Å². The number of rotatable bonds is 12. The van der Waals surface area contributed by atoms with Crippen molar-refractivity contribution in [2.75, 3.05) is 23.7 Å². The first-order valence-corrected chi connectivity index (χ1v) is 15.3. The Bertz CT molecular complexity index is 1390. The molecule has 2 amide bonds. The van der Waals surface area contributed by atoms with Crippen LogP contribution in [0.4, 0.5) is 5.69 Å². The van der Waals surface area contributed by atoms with Crippen molar-refractivity contribution < 1.29 is 18.0 Å². The van der Waals surface area contributed by atoms with Gasteiger partial charge in [0.15, 0.2) is 0 Å². The van der Waals surface area contributed by atoms with Crippen molar-refractivity contribution in [2.24, 2.45) is 0 Å². The van der Waals surface area contributed by atoms with Crippen molar-refractivity contribution in [3.05, 3.63) is 99.0 Å².